The van der Waals surface area contributed by atoms with Crippen LogP contribution in [0.4, 0.5) is 0 Å². The van der Waals surface area contributed by atoms with Crippen molar-refractivity contribution in [1.82, 2.24) is 5.32 Å². The Morgan fingerprint density at radius 1 is 1.78 bits per heavy atom. The van der Waals surface area contributed by atoms with E-state index in [2.05, 4.69) is 5.32 Å². The molecule has 52 valence electrons. The second-order valence-corrected chi connectivity index (χ2v) is 2.22. The first-order valence-electron chi connectivity index (χ1n) is 3.17. The number of esters is 1. The Labute approximate surface area is 54.4 Å². The molecule has 1 N–H and O–H groups in total. The average Bonchev–Trinajstić information content (AvgIpc) is 2.50. The minimum atomic E-state index is -0.139. The maximum Gasteiger partial charge on any atom is 0.320 e. The molecule has 1 saturated carbocycles. The third-order valence-corrected chi connectivity index (χ3v) is 1.14. The molecule has 1 aliphatic carbocycles. The van der Waals surface area contributed by atoms with Crippen molar-refractivity contribution >= 4 is 5.97 Å². The lowest BCUT2D eigenvalue weighted by molar-refractivity contribution is -0.143. The van der Waals surface area contributed by atoms with Gasteiger partial charge >= 0.3 is 5.97 Å². The summed E-state index contributed by atoms with van der Waals surface area (Å²) >= 11 is 0. The van der Waals surface area contributed by atoms with E-state index in [1.807, 2.05) is 0 Å². The van der Waals surface area contributed by atoms with Crippen molar-refractivity contribution in [3.05, 3.63) is 0 Å². The van der Waals surface area contributed by atoms with Gasteiger partial charge in [0.1, 0.15) is 6.10 Å². The molecule has 1 fully saturated rings. The number of likely N-dealkylation sites (N-methyl/N-ethyl adjacent to an activating group) is 1. The minimum absolute atomic E-state index is 0.139. The number of rotatable bonds is 3. The normalized spacial score (nSPS) is 17.4. The van der Waals surface area contributed by atoms with Gasteiger partial charge in [-0.15, -0.1) is 0 Å². The summed E-state index contributed by atoms with van der Waals surface area (Å²) in [5.74, 6) is -0.139. The van der Waals surface area contributed by atoms with Crippen molar-refractivity contribution in [1.29, 1.82) is 0 Å². The van der Waals surface area contributed by atoms with Crippen molar-refractivity contribution in [2.45, 2.75) is 18.9 Å². The lowest BCUT2D eigenvalue weighted by Gasteiger charge is -1.99. The Morgan fingerprint density at radius 3 is 2.89 bits per heavy atom. The monoisotopic (exact) mass is 129 g/mol. The van der Waals surface area contributed by atoms with Crippen molar-refractivity contribution in [2.75, 3.05) is 13.6 Å². The molecule has 0 amide bonds. The predicted molar refractivity (Wildman–Crippen MR) is 33.0 cm³/mol. The van der Waals surface area contributed by atoms with Gasteiger partial charge in [0.25, 0.3) is 0 Å². The quantitative estimate of drug-likeness (QED) is 0.541. The van der Waals surface area contributed by atoms with Crippen LogP contribution in [0.25, 0.3) is 0 Å². The Bertz CT molecular complexity index is 110. The summed E-state index contributed by atoms with van der Waals surface area (Å²) in [6.07, 6.45) is 2.34. The maximum absolute atomic E-state index is 10.6. The van der Waals surface area contributed by atoms with Gasteiger partial charge in [-0.3, -0.25) is 4.79 Å². The molecule has 1 aliphatic rings. The Hall–Kier alpha value is -0.570. The van der Waals surface area contributed by atoms with Crippen molar-refractivity contribution in [2.24, 2.45) is 0 Å². The lowest BCUT2D eigenvalue weighted by atomic mass is 10.6. The third-order valence-electron chi connectivity index (χ3n) is 1.14. The van der Waals surface area contributed by atoms with Crippen LogP contribution >= 0.6 is 0 Å². The molecule has 0 spiro atoms. The summed E-state index contributed by atoms with van der Waals surface area (Å²) in [6.45, 7) is 0.330. The van der Waals surface area contributed by atoms with E-state index in [0.29, 0.717) is 6.54 Å². The molecule has 0 aromatic rings. The highest BCUT2D eigenvalue weighted by molar-refractivity contribution is 5.71. The van der Waals surface area contributed by atoms with Gasteiger partial charge in [-0.1, -0.05) is 0 Å². The van der Waals surface area contributed by atoms with Crippen LogP contribution in [0, 0.1) is 0 Å². The van der Waals surface area contributed by atoms with Crippen molar-refractivity contribution in [3.63, 3.8) is 0 Å². The Balaban J connectivity index is 2.02. The standard InChI is InChI=1S/C6H11NO2/c1-7-4-6(8)9-5-2-3-5/h5,7H,2-4H2,1H3. The van der Waals surface area contributed by atoms with E-state index in [4.69, 9.17) is 4.74 Å². The number of ether oxygens (including phenoxy) is 1. The fourth-order valence-electron chi connectivity index (χ4n) is 0.558. The van der Waals surface area contributed by atoms with Gasteiger partial charge in [-0.05, 0) is 19.9 Å². The van der Waals surface area contributed by atoms with Gasteiger partial charge < -0.3 is 10.1 Å². The molecule has 0 radical (unpaired) electrons. The molecule has 0 saturated heterocycles. The van der Waals surface area contributed by atoms with E-state index >= 15 is 0 Å². The Kier molecular flexibility index (Phi) is 2.05. The molecule has 0 bridgehead atoms. The largest absolute Gasteiger partial charge is 0.461 e. The molecule has 3 nitrogen and oxygen atoms in total. The highest BCUT2D eigenvalue weighted by Crippen LogP contribution is 2.23. The van der Waals surface area contributed by atoms with Gasteiger partial charge in [0.2, 0.25) is 0 Å². The summed E-state index contributed by atoms with van der Waals surface area (Å²) in [7, 11) is 1.73. The van der Waals surface area contributed by atoms with E-state index in [-0.39, 0.29) is 12.1 Å². The van der Waals surface area contributed by atoms with E-state index in [1.165, 1.54) is 0 Å². The Morgan fingerprint density at radius 2 is 2.44 bits per heavy atom. The van der Waals surface area contributed by atoms with Crippen molar-refractivity contribution in [3.8, 4) is 0 Å². The minimum Gasteiger partial charge on any atom is -0.461 e. The smallest absolute Gasteiger partial charge is 0.320 e. The van der Waals surface area contributed by atoms with Crippen LogP contribution < -0.4 is 5.32 Å². The highest BCUT2D eigenvalue weighted by Gasteiger charge is 2.25. The molecule has 9 heavy (non-hydrogen) atoms. The van der Waals surface area contributed by atoms with E-state index in [1.54, 1.807) is 7.05 Å². The molecular formula is C6H11NO2. The number of hydrogen-bond acceptors (Lipinski definition) is 3. The van der Waals surface area contributed by atoms with E-state index in [9.17, 15) is 4.79 Å². The number of carbonyl (C=O) groups excluding carboxylic acids is 1. The molecule has 0 aliphatic heterocycles. The summed E-state index contributed by atoms with van der Waals surface area (Å²) in [4.78, 5) is 10.6. The van der Waals surface area contributed by atoms with Crippen molar-refractivity contribution < 1.29 is 9.53 Å². The van der Waals surface area contributed by atoms with Crippen LogP contribution in [-0.2, 0) is 9.53 Å². The molecule has 0 heterocycles. The van der Waals surface area contributed by atoms with E-state index < -0.39 is 0 Å². The summed E-state index contributed by atoms with van der Waals surface area (Å²) in [5, 5.41) is 2.73. The molecule has 0 aromatic carbocycles. The molecule has 0 atom stereocenters. The zero-order valence-electron chi connectivity index (χ0n) is 5.52. The van der Waals surface area contributed by atoms with E-state index in [0.717, 1.165) is 12.8 Å². The van der Waals surface area contributed by atoms with Gasteiger partial charge in [0, 0.05) is 0 Å². The molecule has 3 heteroatoms. The number of nitrogens with one attached hydrogen (secondary N) is 1. The summed E-state index contributed by atoms with van der Waals surface area (Å²) in [5.41, 5.74) is 0. The predicted octanol–water partition coefficient (Wildman–Crippen LogP) is -0.0886. The lowest BCUT2D eigenvalue weighted by Crippen LogP contribution is -2.21. The first-order valence-corrected chi connectivity index (χ1v) is 3.17. The van der Waals surface area contributed by atoms with Crippen LogP contribution in [0.5, 0.6) is 0 Å². The van der Waals surface area contributed by atoms with Crippen LogP contribution in [0.2, 0.25) is 0 Å². The van der Waals surface area contributed by atoms with Crippen LogP contribution in [0.15, 0.2) is 0 Å². The second-order valence-electron chi connectivity index (χ2n) is 2.22. The van der Waals surface area contributed by atoms with Gasteiger partial charge in [0.05, 0.1) is 6.54 Å². The number of carbonyl (C=O) groups is 1. The number of hydrogen-bond donors (Lipinski definition) is 1. The van der Waals surface area contributed by atoms with Crippen LogP contribution in [0.3, 0.4) is 0 Å². The van der Waals surface area contributed by atoms with Crippen LogP contribution in [-0.4, -0.2) is 25.7 Å². The topological polar surface area (TPSA) is 38.3 Å². The highest BCUT2D eigenvalue weighted by atomic mass is 16.5. The molecular weight excluding hydrogens is 118 g/mol. The fraction of sp³-hybridized carbons (Fsp3) is 0.833. The molecule has 0 aromatic heterocycles. The first-order chi connectivity index (χ1) is 4.33. The fourth-order valence-corrected chi connectivity index (χ4v) is 0.558. The second kappa shape index (κ2) is 2.82. The summed E-state index contributed by atoms with van der Waals surface area (Å²) < 4.78 is 4.90. The zero-order chi connectivity index (χ0) is 6.69. The van der Waals surface area contributed by atoms with Crippen LogP contribution in [0.1, 0.15) is 12.8 Å². The molecule has 0 unspecified atom stereocenters. The average molecular weight is 129 g/mol. The maximum atomic E-state index is 10.6. The molecule has 1 rings (SSSR count). The first kappa shape index (κ1) is 6.55. The van der Waals surface area contributed by atoms with Gasteiger partial charge in [-0.25, -0.2) is 0 Å². The third kappa shape index (κ3) is 2.46. The summed E-state index contributed by atoms with van der Waals surface area (Å²) in [6, 6.07) is 0. The zero-order valence-corrected chi connectivity index (χ0v) is 5.52. The van der Waals surface area contributed by atoms with Gasteiger partial charge in [-0.2, -0.15) is 0 Å². The van der Waals surface area contributed by atoms with Gasteiger partial charge in [0.15, 0.2) is 0 Å². The SMILES string of the molecule is CNCC(=O)OC1CC1.